The van der Waals surface area contributed by atoms with Gasteiger partial charge in [-0.2, -0.15) is 8.42 Å². The Hall–Kier alpha value is -1.91. The van der Waals surface area contributed by atoms with Crippen LogP contribution in [0, 0.1) is 0 Å². The predicted octanol–water partition coefficient (Wildman–Crippen LogP) is -4.01. The summed E-state index contributed by atoms with van der Waals surface area (Å²) in [5, 5.41) is 0.182. The summed E-state index contributed by atoms with van der Waals surface area (Å²) in [5.41, 5.74) is 0.0306. The van der Waals surface area contributed by atoms with Crippen LogP contribution in [0.5, 0.6) is 0 Å². The van der Waals surface area contributed by atoms with Crippen molar-refractivity contribution in [3.8, 4) is 0 Å². The number of nitrogens with zero attached hydrogens (tertiary/aromatic N) is 1. The Morgan fingerprint density at radius 3 is 2.23 bits per heavy atom. The molecule has 1 aromatic carbocycles. The molecule has 1 aliphatic rings. The summed E-state index contributed by atoms with van der Waals surface area (Å²) in [4.78, 5) is 50.7. The second-order valence-electron chi connectivity index (χ2n) is 6.00. The van der Waals surface area contributed by atoms with Crippen LogP contribution < -0.4 is 34.9 Å². The first-order chi connectivity index (χ1) is 13.8. The van der Waals surface area contributed by atoms with E-state index in [1.54, 1.807) is 0 Å². The van der Waals surface area contributed by atoms with Gasteiger partial charge in [0.25, 0.3) is 17.7 Å². The van der Waals surface area contributed by atoms with Gasteiger partial charge in [0, 0.05) is 18.5 Å². The van der Waals surface area contributed by atoms with Crippen LogP contribution in [0.25, 0.3) is 0 Å². The summed E-state index contributed by atoms with van der Waals surface area (Å²) < 4.78 is 66.9. The number of carbonyl (C=O) groups is 4. The Kier molecular flexibility index (Phi) is 9.28. The zero-order chi connectivity index (χ0) is 22.7. The van der Waals surface area contributed by atoms with E-state index >= 15 is 0 Å². The van der Waals surface area contributed by atoms with Gasteiger partial charge in [-0.15, -0.1) is 8.95 Å². The Morgan fingerprint density at radius 1 is 1.16 bits per heavy atom. The summed E-state index contributed by atoms with van der Waals surface area (Å²) in [6.45, 7) is -0.0590. The molecule has 1 unspecified atom stereocenters. The van der Waals surface area contributed by atoms with Crippen LogP contribution in [0.3, 0.4) is 0 Å². The summed E-state index contributed by atoms with van der Waals surface area (Å²) in [7, 11) is -9.97. The molecule has 16 heteroatoms. The molecule has 3 amide bonds. The molecule has 2 rings (SSSR count). The van der Waals surface area contributed by atoms with Gasteiger partial charge in [0.15, 0.2) is 0 Å². The quantitative estimate of drug-likeness (QED) is 0.124. The van der Waals surface area contributed by atoms with Gasteiger partial charge in [-0.05, 0) is 30.7 Å². The fraction of sp³-hybridized carbons (Fsp3) is 0.333. The van der Waals surface area contributed by atoms with Crippen molar-refractivity contribution in [2.75, 3.05) is 6.54 Å². The minimum atomic E-state index is -5.08. The monoisotopic (exact) mass is 488 g/mol. The molecule has 1 N–H and O–H groups in total. The second kappa shape index (κ2) is 10.6. The van der Waals surface area contributed by atoms with Crippen LogP contribution in [-0.2, 0) is 39.6 Å². The molecule has 1 saturated heterocycles. The minimum Gasteiger partial charge on any atom is -0.747 e. The van der Waals surface area contributed by atoms with E-state index in [1.807, 2.05) is 0 Å². The van der Waals surface area contributed by atoms with Crippen molar-refractivity contribution in [2.45, 2.75) is 29.4 Å². The van der Waals surface area contributed by atoms with Gasteiger partial charge in [-0.1, -0.05) is 0 Å². The van der Waals surface area contributed by atoms with E-state index in [1.165, 1.54) is 0 Å². The van der Waals surface area contributed by atoms with Gasteiger partial charge >= 0.3 is 45.7 Å². The van der Waals surface area contributed by atoms with E-state index in [0.29, 0.717) is 0 Å². The van der Waals surface area contributed by atoms with Gasteiger partial charge < -0.3 is 14.7 Å². The first-order valence-corrected chi connectivity index (χ1v) is 11.0. The standard InChI is InChI=1S/C15H15FN2O10S2.Na/c16-29(23,24)10-5-3-9(4-6-10)14(21)17-7-1-2-13(20)28-18-12(19)8-11(15(18)22)30(25,26)27;/h3-6,11H,1-2,7-8H2,(H,17,21)(H,25,26,27);/q;+1/p-1. The number of halogens is 1. The average molecular weight is 488 g/mol. The third-order valence-electron chi connectivity index (χ3n) is 3.84. The third kappa shape index (κ3) is 7.33. The van der Waals surface area contributed by atoms with E-state index in [0.717, 1.165) is 24.3 Å². The topological polar surface area (TPSA) is 184 Å². The maximum absolute atomic E-state index is 12.8. The van der Waals surface area contributed by atoms with Gasteiger partial charge in [0.1, 0.15) is 15.4 Å². The van der Waals surface area contributed by atoms with Crippen molar-refractivity contribution in [1.29, 1.82) is 0 Å². The van der Waals surface area contributed by atoms with Crippen LogP contribution in [0.4, 0.5) is 3.89 Å². The van der Waals surface area contributed by atoms with Gasteiger partial charge in [-0.3, -0.25) is 14.4 Å². The number of hydroxylamine groups is 2. The summed E-state index contributed by atoms with van der Waals surface area (Å²) in [6, 6.07) is 3.98. The van der Waals surface area contributed by atoms with Crippen LogP contribution >= 0.6 is 0 Å². The molecule has 31 heavy (non-hydrogen) atoms. The first kappa shape index (κ1) is 27.1. The largest absolute Gasteiger partial charge is 1.00 e. The molecule has 1 atom stereocenters. The fourth-order valence-electron chi connectivity index (χ4n) is 2.36. The number of nitrogens with one attached hydrogen (secondary N) is 1. The molecule has 164 valence electrons. The minimum absolute atomic E-state index is 0. The van der Waals surface area contributed by atoms with Gasteiger partial charge in [0.05, 0.1) is 11.3 Å². The molecule has 0 spiro atoms. The van der Waals surface area contributed by atoms with Crippen molar-refractivity contribution in [3.05, 3.63) is 29.8 Å². The van der Waals surface area contributed by atoms with Crippen molar-refractivity contribution in [1.82, 2.24) is 10.4 Å². The normalized spacial score (nSPS) is 16.6. The molecule has 0 radical (unpaired) electrons. The van der Waals surface area contributed by atoms with Crippen LogP contribution in [0.15, 0.2) is 29.2 Å². The number of amides is 3. The summed E-state index contributed by atoms with van der Waals surface area (Å²) >= 11 is 0. The van der Waals surface area contributed by atoms with Crippen molar-refractivity contribution < 1.29 is 78.8 Å². The Balaban J connectivity index is 0.00000480. The Morgan fingerprint density at radius 2 is 1.74 bits per heavy atom. The van der Waals surface area contributed by atoms with Gasteiger partial charge in [-0.25, -0.2) is 13.2 Å². The molecule has 1 aromatic rings. The molecule has 1 heterocycles. The molecule has 1 aliphatic heterocycles. The molecular formula is C15H14FN2NaO10S2. The Labute approximate surface area is 198 Å². The number of carbonyl (C=O) groups excluding carboxylic acids is 4. The number of benzene rings is 1. The van der Waals surface area contributed by atoms with E-state index < -0.39 is 60.6 Å². The summed E-state index contributed by atoms with van der Waals surface area (Å²) in [5.74, 6) is -4.31. The van der Waals surface area contributed by atoms with E-state index in [9.17, 15) is 44.5 Å². The molecule has 0 bridgehead atoms. The molecule has 0 aromatic heterocycles. The zero-order valence-corrected chi connectivity index (χ0v) is 19.6. The van der Waals surface area contributed by atoms with Crippen LogP contribution in [0.1, 0.15) is 29.6 Å². The first-order valence-electron chi connectivity index (χ1n) is 8.16. The van der Waals surface area contributed by atoms with E-state index in [-0.39, 0.29) is 59.6 Å². The van der Waals surface area contributed by atoms with Crippen LogP contribution in [-0.4, -0.2) is 61.9 Å². The molecule has 12 nitrogen and oxygen atoms in total. The average Bonchev–Trinajstić information content (AvgIpc) is 2.93. The van der Waals surface area contributed by atoms with Crippen molar-refractivity contribution in [3.63, 3.8) is 0 Å². The number of hydrogen-bond donors (Lipinski definition) is 1. The Bertz CT molecular complexity index is 1090. The number of imide groups is 1. The van der Waals surface area contributed by atoms with Crippen molar-refractivity contribution >= 4 is 44.0 Å². The molecule has 0 aliphatic carbocycles. The number of rotatable bonds is 8. The zero-order valence-electron chi connectivity index (χ0n) is 15.9. The van der Waals surface area contributed by atoms with Gasteiger partial charge in [0.2, 0.25) is 0 Å². The second-order valence-corrected chi connectivity index (χ2v) is 8.90. The SMILES string of the molecule is O=C(CCCNC(=O)c1ccc(S(=O)(=O)F)cc1)ON1C(=O)CC(S(=O)(=O)[O-])C1=O.[Na+]. The predicted molar refractivity (Wildman–Crippen MR) is 92.4 cm³/mol. The smallest absolute Gasteiger partial charge is 0.747 e. The van der Waals surface area contributed by atoms with E-state index in [4.69, 9.17) is 0 Å². The molecule has 1 fully saturated rings. The molecular weight excluding hydrogens is 474 g/mol. The van der Waals surface area contributed by atoms with Crippen molar-refractivity contribution in [2.24, 2.45) is 0 Å². The number of hydrogen-bond acceptors (Lipinski definition) is 10. The molecule has 0 saturated carbocycles. The fourth-order valence-corrected chi connectivity index (χ4v) is 3.51. The maximum Gasteiger partial charge on any atom is 1.00 e. The maximum atomic E-state index is 12.8. The third-order valence-corrected chi connectivity index (χ3v) is 5.75. The van der Waals surface area contributed by atoms with E-state index in [2.05, 4.69) is 10.2 Å². The summed E-state index contributed by atoms with van der Waals surface area (Å²) in [6.07, 6.45) is -1.29. The van der Waals surface area contributed by atoms with Crippen LogP contribution in [0.2, 0.25) is 0 Å².